The maximum Gasteiger partial charge on any atom is 0.415 e. The fourth-order valence-corrected chi connectivity index (χ4v) is 15.6. The third-order valence-electron chi connectivity index (χ3n) is 19.3. The molecule has 3 amide bonds. The van der Waals surface area contributed by atoms with E-state index in [0.717, 1.165) is 142 Å². The molecule has 6 saturated heterocycles. The van der Waals surface area contributed by atoms with E-state index in [-0.39, 0.29) is 39.9 Å². The average molecular weight is 1370 g/mol. The third kappa shape index (κ3) is 13.1. The third-order valence-corrected chi connectivity index (χ3v) is 21.4. The van der Waals surface area contributed by atoms with Crippen LogP contribution in [0, 0.1) is 69.1 Å². The van der Waals surface area contributed by atoms with E-state index in [0.29, 0.717) is 62.0 Å². The minimum absolute atomic E-state index is 0.0195. The molecule has 6 aromatic heterocycles. The number of pyridine rings is 2. The van der Waals surface area contributed by atoms with Crippen LogP contribution in [0.2, 0.25) is 0 Å². The predicted molar refractivity (Wildman–Crippen MR) is 376 cm³/mol. The molecule has 0 atom stereocenters. The van der Waals surface area contributed by atoms with Crippen LogP contribution in [0.5, 0.6) is 5.75 Å². The number of hydrogen-bond donors (Lipinski definition) is 1. The number of rotatable bonds is 12. The van der Waals surface area contributed by atoms with Crippen molar-refractivity contribution in [2.75, 3.05) is 153 Å². The van der Waals surface area contributed by atoms with Gasteiger partial charge in [-0.1, -0.05) is 36.5 Å². The fourth-order valence-electron chi connectivity index (χ4n) is 13.9. The van der Waals surface area contributed by atoms with E-state index in [4.69, 9.17) is 24.9 Å². The number of non-ortho nitro benzene ring substituents is 1. The Balaban J connectivity index is 0.000000160. The second-order valence-electron chi connectivity index (χ2n) is 26.5. The molecule has 6 fully saturated rings. The first kappa shape index (κ1) is 66.8. The molecule has 0 saturated carbocycles. The summed E-state index contributed by atoms with van der Waals surface area (Å²) in [7, 11) is 8.14. The molecule has 0 radical (unpaired) electrons. The van der Waals surface area contributed by atoms with Gasteiger partial charge < -0.3 is 54.2 Å². The molecule has 1 N–H and O–H groups in total. The summed E-state index contributed by atoms with van der Waals surface area (Å²) in [5.41, 5.74) is 12.3. The van der Waals surface area contributed by atoms with Gasteiger partial charge in [0.05, 0.1) is 38.7 Å². The molecule has 98 heavy (non-hydrogen) atoms. The molecule has 0 bridgehead atoms. The Labute approximate surface area is 574 Å². The first-order chi connectivity index (χ1) is 47.1. The summed E-state index contributed by atoms with van der Waals surface area (Å²) in [6, 6.07) is 30.8. The lowest BCUT2D eigenvalue weighted by Gasteiger charge is -2.61. The number of likely N-dealkylation sites (tertiary alicyclic amines) is 2. The van der Waals surface area contributed by atoms with E-state index in [1.165, 1.54) is 84.3 Å². The maximum atomic E-state index is 13.6. The van der Waals surface area contributed by atoms with Crippen molar-refractivity contribution in [3.8, 4) is 40.4 Å². The Morgan fingerprint density at radius 3 is 1.45 bits per heavy atom. The number of carbonyl (C=O) groups is 2. The van der Waals surface area contributed by atoms with Crippen LogP contribution < -0.4 is 29.7 Å². The van der Waals surface area contributed by atoms with Gasteiger partial charge in [0, 0.05) is 176 Å². The first-order valence-corrected chi connectivity index (χ1v) is 34.5. The van der Waals surface area contributed by atoms with E-state index in [1.807, 2.05) is 49.6 Å². The zero-order chi connectivity index (χ0) is 68.9. The molecule has 0 aliphatic carbocycles. The number of urea groups is 1. The number of aromatic nitrogens is 6. The number of halogens is 2. The normalized spacial score (nSPS) is 17.0. The van der Waals surface area contributed by atoms with Crippen LogP contribution >= 0.6 is 22.7 Å². The largest absolute Gasteiger partial charge is 0.415 e. The number of benzene rings is 3. The highest BCUT2D eigenvalue weighted by Crippen LogP contribution is 2.47. The van der Waals surface area contributed by atoms with Crippen molar-refractivity contribution in [3.05, 3.63) is 151 Å². The molecule has 0 unspecified atom stereocenters. The van der Waals surface area contributed by atoms with E-state index in [2.05, 4.69) is 96.2 Å². The van der Waals surface area contributed by atoms with Crippen LogP contribution in [0.3, 0.4) is 0 Å². The number of nitro benzene ring substituents is 1. The molecule has 24 nitrogen and oxygen atoms in total. The molecule has 12 heterocycles. The second-order valence-corrected chi connectivity index (χ2v) is 28.4. The average Bonchev–Trinajstić information content (AvgIpc) is 0.964. The number of hydrogen-bond acceptors (Lipinski definition) is 20. The maximum absolute atomic E-state index is 13.6. The molecule has 508 valence electrons. The minimum atomic E-state index is -0.500. The summed E-state index contributed by atoms with van der Waals surface area (Å²) in [5, 5.41) is 45.0. The quantitative estimate of drug-likeness (QED) is 0.0884. The standard InChI is InChI=1S/C33H29FN8O4S.C32H36FN9OS.C5H12N2/c1-4-26-30(38(3)31-36-29(28(15-35)47-31)21-5-7-22(34)8-6-21)27-14-24(13-20(2)41(27)37-26)39-16-33(17-39)18-40(19-33)32(43)46-25-11-9-23(10-12-25)42(44)45;1-5-25-29(38(4)30-35-28(27(16-34)44-30)22-6-8-23(33)9-7-22)26-15-24(14-21(2)42(26)36-25)40-17-32(18-40)19-41(20-32)31(43)39-12-10-37(3)11-13-39;1-7-4-2-6-3-5-7/h5-14H,4,16-19H2,1-3H3;6-9,14-15H,5,10-13,17-20H2,1-4H3;6H,2-5H2,1H3. The SMILES string of the molecule is CCc1nn2c(C)cc(N3CC4(CN(C(=O)N5CCN(C)CC5)C4)C3)cc2c1N(C)c1nc(-c2ccc(F)cc2)c(C#N)s1.CCc1nn2c(C)cc(N3CC4(CN(C(=O)Oc5ccc([N+](=O)[O-])cc5)C4)C3)cc2c1N(C)c1nc(-c2ccc(F)cc2)c(C#N)s1.CN1CCNCC1. The molecule has 15 rings (SSSR count). The van der Waals surface area contributed by atoms with Gasteiger partial charge in [0.1, 0.15) is 50.7 Å². The highest BCUT2D eigenvalue weighted by atomic mass is 32.1. The van der Waals surface area contributed by atoms with Crippen LogP contribution in [0.1, 0.15) is 46.4 Å². The highest BCUT2D eigenvalue weighted by molar-refractivity contribution is 7.17. The van der Waals surface area contributed by atoms with Gasteiger partial charge in [0.25, 0.3) is 5.69 Å². The monoisotopic (exact) mass is 1370 g/mol. The van der Waals surface area contributed by atoms with Crippen molar-refractivity contribution in [2.24, 2.45) is 10.8 Å². The van der Waals surface area contributed by atoms with Crippen LogP contribution in [-0.2, 0) is 12.8 Å². The number of ether oxygens (including phenoxy) is 1. The molecule has 6 aliphatic rings. The van der Waals surface area contributed by atoms with Crippen LogP contribution in [0.25, 0.3) is 33.5 Å². The van der Waals surface area contributed by atoms with Crippen molar-refractivity contribution in [1.82, 2.24) is 59.0 Å². The van der Waals surface area contributed by atoms with Gasteiger partial charge in [-0.25, -0.2) is 37.4 Å². The molecular weight excluding hydrogens is 1290 g/mol. The van der Waals surface area contributed by atoms with Crippen molar-refractivity contribution in [3.63, 3.8) is 0 Å². The summed E-state index contributed by atoms with van der Waals surface area (Å²) in [6.07, 6.45) is 0.959. The number of anilines is 6. The summed E-state index contributed by atoms with van der Waals surface area (Å²) in [5.74, 6) is -0.413. The van der Waals surface area contributed by atoms with Crippen LogP contribution in [-0.4, -0.2) is 204 Å². The van der Waals surface area contributed by atoms with Crippen molar-refractivity contribution in [1.29, 1.82) is 10.5 Å². The number of thiazole rings is 2. The van der Waals surface area contributed by atoms with Gasteiger partial charge in [0.15, 0.2) is 10.3 Å². The smallest absolute Gasteiger partial charge is 0.410 e. The number of nitro groups is 1. The predicted octanol–water partition coefficient (Wildman–Crippen LogP) is 10.5. The molecular formula is C70H77F2N19O5S2. The van der Waals surface area contributed by atoms with Gasteiger partial charge in [-0.3, -0.25) is 10.1 Å². The number of piperazine rings is 2. The summed E-state index contributed by atoms with van der Waals surface area (Å²) in [4.78, 5) is 65.6. The highest BCUT2D eigenvalue weighted by Gasteiger charge is 2.55. The lowest BCUT2D eigenvalue weighted by molar-refractivity contribution is -0.384. The van der Waals surface area contributed by atoms with Crippen LogP contribution in [0.15, 0.2) is 97.1 Å². The van der Waals surface area contributed by atoms with Gasteiger partial charge in [-0.05, 0) is 126 Å². The van der Waals surface area contributed by atoms with E-state index >= 15 is 0 Å². The summed E-state index contributed by atoms with van der Waals surface area (Å²) < 4.78 is 36.5. The van der Waals surface area contributed by atoms with Crippen LogP contribution in [0.4, 0.5) is 57.1 Å². The lowest BCUT2D eigenvalue weighted by Crippen LogP contribution is -2.74. The summed E-state index contributed by atoms with van der Waals surface area (Å²) >= 11 is 2.60. The van der Waals surface area contributed by atoms with Gasteiger partial charge in [-0.2, -0.15) is 20.7 Å². The Hall–Kier alpha value is -9.84. The van der Waals surface area contributed by atoms with E-state index in [1.54, 1.807) is 29.2 Å². The minimum Gasteiger partial charge on any atom is -0.410 e. The number of carbonyl (C=O) groups excluding carboxylic acids is 2. The topological polar surface area (TPSA) is 236 Å². The Morgan fingerprint density at radius 2 is 1.05 bits per heavy atom. The number of nitriles is 2. The number of amides is 3. The van der Waals surface area contributed by atoms with Crippen molar-refractivity contribution >= 4 is 84.5 Å². The molecule has 9 aromatic rings. The Kier molecular flexibility index (Phi) is 18.5. The molecule has 6 aliphatic heterocycles. The first-order valence-electron chi connectivity index (χ1n) is 32.8. The zero-order valence-corrected chi connectivity index (χ0v) is 57.8. The summed E-state index contributed by atoms with van der Waals surface area (Å²) in [6.45, 7) is 22.6. The lowest BCUT2D eigenvalue weighted by atomic mass is 9.72. The number of aryl methyl sites for hydroxylation is 4. The van der Waals surface area contributed by atoms with E-state index in [9.17, 15) is 39.0 Å². The molecule has 2 spiro atoms. The van der Waals surface area contributed by atoms with Gasteiger partial charge in [0.2, 0.25) is 0 Å². The zero-order valence-electron chi connectivity index (χ0n) is 56.1. The Bertz CT molecular complexity index is 4560. The molecule has 28 heteroatoms. The van der Waals surface area contributed by atoms with Crippen molar-refractivity contribution in [2.45, 2.75) is 40.5 Å². The van der Waals surface area contributed by atoms with E-state index < -0.39 is 11.0 Å². The van der Waals surface area contributed by atoms with Gasteiger partial charge >= 0.3 is 12.1 Å². The number of nitrogens with one attached hydrogen (secondary N) is 1. The molecule has 3 aromatic carbocycles. The second kappa shape index (κ2) is 27.2. The Morgan fingerprint density at radius 1 is 0.622 bits per heavy atom. The van der Waals surface area contributed by atoms with Gasteiger partial charge in [-0.15, -0.1) is 0 Å². The fraction of sp³-hybridized carbons (Fsp3) is 0.400. The number of nitrogens with zero attached hydrogens (tertiary/aromatic N) is 18. The number of likely N-dealkylation sites (N-methyl/N-ethyl adjacent to an activating group) is 2. The number of fused-ring (bicyclic) bond motifs is 2. The van der Waals surface area contributed by atoms with Crippen molar-refractivity contribution < 1.29 is 28.0 Å².